The summed E-state index contributed by atoms with van der Waals surface area (Å²) in [6.07, 6.45) is 0.0244. The Hall–Kier alpha value is -3.50. The van der Waals surface area contributed by atoms with Gasteiger partial charge in [-0.3, -0.25) is 4.79 Å². The molecule has 0 aliphatic rings. The van der Waals surface area contributed by atoms with E-state index in [0.717, 1.165) is 16.7 Å². The zero-order valence-corrected chi connectivity index (χ0v) is 19.4. The van der Waals surface area contributed by atoms with E-state index in [1.165, 1.54) is 24.3 Å². The van der Waals surface area contributed by atoms with Gasteiger partial charge in [-0.1, -0.05) is 24.3 Å². The minimum absolute atomic E-state index is 0.0601. The van der Waals surface area contributed by atoms with Crippen molar-refractivity contribution in [3.05, 3.63) is 65.2 Å². The number of sulfonamides is 1. The first-order valence-corrected chi connectivity index (χ1v) is 11.7. The van der Waals surface area contributed by atoms with Crippen molar-refractivity contribution in [1.29, 1.82) is 0 Å². The van der Waals surface area contributed by atoms with Gasteiger partial charge in [-0.25, -0.2) is 18.1 Å². The standard InChI is InChI=1S/C23H26N4O5S/c1-14-6-4-7-15(2)21(14)19-13-20(32-16(3)10-11-28)26-23(25-19)27-33(30,31)18-9-5-8-17(12-18)22(24)29/h4-9,12-13,16,28H,10-11H2,1-3H3,(H2,24,29)(H,25,26,27). The number of carbonyl (C=O) groups is 1. The van der Waals surface area contributed by atoms with E-state index >= 15 is 0 Å². The molecule has 0 bridgehead atoms. The fourth-order valence-electron chi connectivity index (χ4n) is 3.32. The molecule has 1 atom stereocenters. The van der Waals surface area contributed by atoms with Crippen molar-refractivity contribution < 1.29 is 23.1 Å². The van der Waals surface area contributed by atoms with Gasteiger partial charge in [0.2, 0.25) is 17.7 Å². The van der Waals surface area contributed by atoms with Gasteiger partial charge >= 0.3 is 0 Å². The lowest BCUT2D eigenvalue weighted by Gasteiger charge is -2.16. The molecule has 4 N–H and O–H groups in total. The molecule has 9 nitrogen and oxygen atoms in total. The topological polar surface area (TPSA) is 144 Å². The number of nitrogens with two attached hydrogens (primary N) is 1. The van der Waals surface area contributed by atoms with Gasteiger partial charge in [0.1, 0.15) is 0 Å². The van der Waals surface area contributed by atoms with Crippen molar-refractivity contribution in [3.8, 4) is 17.1 Å². The molecule has 174 valence electrons. The van der Waals surface area contributed by atoms with E-state index in [-0.39, 0.29) is 35.0 Å². The zero-order chi connectivity index (χ0) is 24.2. The Labute approximate surface area is 192 Å². The number of rotatable bonds is 9. The van der Waals surface area contributed by atoms with Crippen LogP contribution in [0.15, 0.2) is 53.4 Å². The lowest BCUT2D eigenvalue weighted by Crippen LogP contribution is -2.19. The quantitative estimate of drug-likeness (QED) is 0.436. The zero-order valence-electron chi connectivity index (χ0n) is 18.6. The Morgan fingerprint density at radius 3 is 2.42 bits per heavy atom. The Morgan fingerprint density at radius 1 is 1.12 bits per heavy atom. The number of aliphatic hydroxyl groups is 1. The van der Waals surface area contributed by atoms with E-state index < -0.39 is 15.9 Å². The highest BCUT2D eigenvalue weighted by Crippen LogP contribution is 2.29. The van der Waals surface area contributed by atoms with Crippen molar-refractivity contribution in [2.24, 2.45) is 5.73 Å². The Balaban J connectivity index is 2.07. The highest BCUT2D eigenvalue weighted by molar-refractivity contribution is 7.92. The van der Waals surface area contributed by atoms with Gasteiger partial charge in [0, 0.05) is 30.2 Å². The molecular weight excluding hydrogens is 444 g/mol. The maximum Gasteiger partial charge on any atom is 0.264 e. The number of nitrogens with one attached hydrogen (secondary N) is 1. The van der Waals surface area contributed by atoms with Crippen molar-refractivity contribution in [3.63, 3.8) is 0 Å². The molecule has 0 radical (unpaired) electrons. The Kier molecular flexibility index (Phi) is 7.29. The molecule has 1 unspecified atom stereocenters. The van der Waals surface area contributed by atoms with Crippen molar-refractivity contribution in [2.45, 2.75) is 38.2 Å². The first-order valence-electron chi connectivity index (χ1n) is 10.3. The summed E-state index contributed by atoms with van der Waals surface area (Å²) in [6.45, 7) is 5.57. The number of aromatic nitrogens is 2. The van der Waals surface area contributed by atoms with Crippen LogP contribution in [0, 0.1) is 13.8 Å². The van der Waals surface area contributed by atoms with Crippen LogP contribution in [0.5, 0.6) is 5.88 Å². The molecule has 0 aliphatic carbocycles. The molecule has 1 amide bonds. The second kappa shape index (κ2) is 9.97. The van der Waals surface area contributed by atoms with Crippen LogP contribution in [0.3, 0.4) is 0 Å². The van der Waals surface area contributed by atoms with Crippen LogP contribution in [0.4, 0.5) is 5.95 Å². The van der Waals surface area contributed by atoms with Gasteiger partial charge in [0.25, 0.3) is 10.0 Å². The summed E-state index contributed by atoms with van der Waals surface area (Å²) < 4.78 is 34.1. The number of nitrogens with zero attached hydrogens (tertiary/aromatic N) is 2. The van der Waals surface area contributed by atoms with Crippen LogP contribution in [-0.2, 0) is 10.0 Å². The van der Waals surface area contributed by atoms with Crippen LogP contribution in [0.1, 0.15) is 34.8 Å². The fraction of sp³-hybridized carbons (Fsp3) is 0.261. The van der Waals surface area contributed by atoms with E-state index in [4.69, 9.17) is 10.5 Å². The number of hydrogen-bond donors (Lipinski definition) is 3. The summed E-state index contributed by atoms with van der Waals surface area (Å²) in [5, 5.41) is 9.18. The molecule has 0 saturated heterocycles. The number of hydrogen-bond acceptors (Lipinski definition) is 7. The normalized spacial score (nSPS) is 12.2. The van der Waals surface area contributed by atoms with Gasteiger partial charge in [-0.05, 0) is 50.1 Å². The van der Waals surface area contributed by atoms with Crippen molar-refractivity contribution in [2.75, 3.05) is 11.3 Å². The SMILES string of the molecule is Cc1cccc(C)c1-c1cc(OC(C)CCO)nc(NS(=O)(=O)c2cccc(C(N)=O)c2)n1. The van der Waals surface area contributed by atoms with Crippen LogP contribution in [0.2, 0.25) is 0 Å². The first kappa shape index (κ1) is 24.1. The number of aliphatic hydroxyl groups excluding tert-OH is 1. The molecule has 1 aromatic heterocycles. The van der Waals surface area contributed by atoms with E-state index in [2.05, 4.69) is 14.7 Å². The van der Waals surface area contributed by atoms with Gasteiger partial charge < -0.3 is 15.6 Å². The molecule has 3 rings (SSSR count). The number of amides is 1. The molecule has 0 saturated carbocycles. The predicted octanol–water partition coefficient (Wildman–Crippen LogP) is 2.81. The lowest BCUT2D eigenvalue weighted by atomic mass is 10.00. The summed E-state index contributed by atoms with van der Waals surface area (Å²) in [4.78, 5) is 19.9. The van der Waals surface area contributed by atoms with E-state index in [9.17, 15) is 18.3 Å². The van der Waals surface area contributed by atoms with Crippen LogP contribution >= 0.6 is 0 Å². The second-order valence-corrected chi connectivity index (χ2v) is 9.30. The number of anilines is 1. The summed E-state index contributed by atoms with van der Waals surface area (Å²) in [5.74, 6) is -0.771. The average molecular weight is 471 g/mol. The van der Waals surface area contributed by atoms with Crippen molar-refractivity contribution in [1.82, 2.24) is 9.97 Å². The lowest BCUT2D eigenvalue weighted by molar-refractivity contribution is 0.1000. The van der Waals surface area contributed by atoms with Gasteiger partial charge in [0.05, 0.1) is 16.7 Å². The minimum Gasteiger partial charge on any atom is -0.474 e. The van der Waals surface area contributed by atoms with E-state index in [0.29, 0.717) is 12.1 Å². The molecule has 33 heavy (non-hydrogen) atoms. The van der Waals surface area contributed by atoms with Gasteiger partial charge in [-0.15, -0.1) is 0 Å². The fourth-order valence-corrected chi connectivity index (χ4v) is 4.31. The predicted molar refractivity (Wildman–Crippen MR) is 125 cm³/mol. The van der Waals surface area contributed by atoms with Gasteiger partial charge in [-0.2, -0.15) is 4.98 Å². The van der Waals surface area contributed by atoms with Crippen molar-refractivity contribution >= 4 is 21.9 Å². The minimum atomic E-state index is -4.12. The highest BCUT2D eigenvalue weighted by atomic mass is 32.2. The summed E-state index contributed by atoms with van der Waals surface area (Å²) in [6, 6.07) is 12.8. The van der Waals surface area contributed by atoms with Crippen LogP contribution in [-0.4, -0.2) is 42.1 Å². The summed E-state index contributed by atoms with van der Waals surface area (Å²) >= 11 is 0. The third kappa shape index (κ3) is 5.85. The van der Waals surface area contributed by atoms with Crippen LogP contribution < -0.4 is 15.2 Å². The average Bonchev–Trinajstić information content (AvgIpc) is 2.73. The number of carbonyl (C=O) groups excluding carboxylic acids is 1. The Bertz CT molecular complexity index is 1260. The second-order valence-electron chi connectivity index (χ2n) is 7.62. The first-order chi connectivity index (χ1) is 15.6. The highest BCUT2D eigenvalue weighted by Gasteiger charge is 2.20. The van der Waals surface area contributed by atoms with Crippen LogP contribution in [0.25, 0.3) is 11.3 Å². The van der Waals surface area contributed by atoms with E-state index in [1.807, 2.05) is 32.0 Å². The third-order valence-corrected chi connectivity index (χ3v) is 6.28. The molecule has 3 aromatic rings. The molecule has 2 aromatic carbocycles. The largest absolute Gasteiger partial charge is 0.474 e. The van der Waals surface area contributed by atoms with Gasteiger partial charge in [0.15, 0.2) is 0 Å². The maximum atomic E-state index is 13.0. The molecular formula is C23H26N4O5S. The Morgan fingerprint density at radius 2 is 1.79 bits per heavy atom. The number of benzene rings is 2. The molecule has 0 spiro atoms. The summed E-state index contributed by atoms with van der Waals surface area (Å²) in [7, 11) is -4.12. The number of primary amides is 1. The number of ether oxygens (including phenoxy) is 1. The third-order valence-electron chi connectivity index (χ3n) is 4.95. The molecule has 10 heteroatoms. The smallest absolute Gasteiger partial charge is 0.264 e. The monoisotopic (exact) mass is 470 g/mol. The summed E-state index contributed by atoms with van der Waals surface area (Å²) in [5.41, 5.74) is 8.54. The molecule has 0 fully saturated rings. The molecule has 0 aliphatic heterocycles. The molecule has 1 heterocycles. The number of aryl methyl sites for hydroxylation is 2. The van der Waals surface area contributed by atoms with E-state index in [1.54, 1.807) is 13.0 Å². The maximum absolute atomic E-state index is 13.0.